The van der Waals surface area contributed by atoms with Gasteiger partial charge < -0.3 is 4.74 Å². The van der Waals surface area contributed by atoms with Crippen LogP contribution in [0, 0.1) is 0 Å². The van der Waals surface area contributed by atoms with E-state index in [9.17, 15) is 8.42 Å². The van der Waals surface area contributed by atoms with Crippen LogP contribution in [0.4, 0.5) is 0 Å². The Morgan fingerprint density at radius 2 is 2.12 bits per heavy atom. The molecule has 100 valence electrons. The van der Waals surface area contributed by atoms with E-state index < -0.39 is 9.84 Å². The van der Waals surface area contributed by atoms with Crippen LogP contribution in [0.2, 0.25) is 0 Å². The molecule has 0 rings (SSSR count). The van der Waals surface area contributed by atoms with E-state index in [-0.39, 0.29) is 12.1 Å². The van der Waals surface area contributed by atoms with Crippen molar-refractivity contribution in [3.05, 3.63) is 24.1 Å². The zero-order valence-electron chi connectivity index (χ0n) is 10.5. The van der Waals surface area contributed by atoms with Gasteiger partial charge in [0.2, 0.25) is 0 Å². The van der Waals surface area contributed by atoms with E-state index in [0.29, 0.717) is 0 Å². The number of methoxy groups -OCH3 is 1. The van der Waals surface area contributed by atoms with Crippen molar-refractivity contribution in [2.45, 2.75) is 25.5 Å². The Morgan fingerprint density at radius 3 is 2.47 bits per heavy atom. The lowest BCUT2D eigenvalue weighted by Crippen LogP contribution is -2.36. The van der Waals surface area contributed by atoms with E-state index in [1.54, 1.807) is 19.3 Å². The molecule has 0 saturated carbocycles. The number of halogens is 1. The highest BCUT2D eigenvalue weighted by molar-refractivity contribution is 14.1. The van der Waals surface area contributed by atoms with Crippen molar-refractivity contribution < 1.29 is 13.2 Å². The van der Waals surface area contributed by atoms with Gasteiger partial charge in [-0.15, -0.1) is 6.58 Å². The standard InChI is InChI=1S/C11H20INO3S/c1-5-8-13(12)10(6-2)11(16-3)7-9-17(4,14)15/h6-7,9-11H,2,5,8H2,1,3-4H3/b9-7+/t10-,11+/m1/s1. The lowest BCUT2D eigenvalue weighted by atomic mass is 10.1. The molecule has 4 nitrogen and oxygen atoms in total. The van der Waals surface area contributed by atoms with E-state index in [0.717, 1.165) is 19.2 Å². The van der Waals surface area contributed by atoms with Gasteiger partial charge in [0.1, 0.15) is 0 Å². The monoisotopic (exact) mass is 373 g/mol. The molecule has 0 heterocycles. The average molecular weight is 373 g/mol. The molecule has 0 spiro atoms. The Bertz CT molecular complexity index is 354. The van der Waals surface area contributed by atoms with Gasteiger partial charge in [0.25, 0.3) is 0 Å². The SMILES string of the molecule is C=C[C@H]([C@H](/C=C/S(C)(=O)=O)OC)N(I)CCC. The fraction of sp³-hybridized carbons (Fsp3) is 0.636. The third-order valence-electron chi connectivity index (χ3n) is 2.13. The molecule has 0 saturated heterocycles. The van der Waals surface area contributed by atoms with Crippen molar-refractivity contribution in [1.29, 1.82) is 0 Å². The summed E-state index contributed by atoms with van der Waals surface area (Å²) in [5.74, 6) is 0. The lowest BCUT2D eigenvalue weighted by molar-refractivity contribution is 0.103. The van der Waals surface area contributed by atoms with Crippen molar-refractivity contribution in [2.24, 2.45) is 0 Å². The van der Waals surface area contributed by atoms with Crippen LogP contribution in [0.5, 0.6) is 0 Å². The summed E-state index contributed by atoms with van der Waals surface area (Å²) in [5, 5.41) is 1.17. The quantitative estimate of drug-likeness (QED) is 0.372. The van der Waals surface area contributed by atoms with Gasteiger partial charge in [-0.2, -0.15) is 0 Å². The summed E-state index contributed by atoms with van der Waals surface area (Å²) in [4.78, 5) is 0. The van der Waals surface area contributed by atoms with Gasteiger partial charge in [-0.25, -0.2) is 11.5 Å². The second kappa shape index (κ2) is 8.23. The zero-order chi connectivity index (χ0) is 13.5. The van der Waals surface area contributed by atoms with Gasteiger partial charge in [0.05, 0.1) is 12.1 Å². The molecule has 0 bridgehead atoms. The van der Waals surface area contributed by atoms with Gasteiger partial charge in [-0.05, 0) is 12.5 Å². The molecule has 0 aliphatic heterocycles. The van der Waals surface area contributed by atoms with Gasteiger partial charge in [-0.1, -0.05) is 13.0 Å². The minimum absolute atomic E-state index is 0.0430. The fourth-order valence-corrected chi connectivity index (χ4v) is 2.79. The first-order valence-corrected chi connectivity index (χ1v) is 8.23. The summed E-state index contributed by atoms with van der Waals surface area (Å²) in [6, 6.07) is -0.0430. The normalized spacial score (nSPS) is 16.3. The summed E-state index contributed by atoms with van der Waals surface area (Å²) < 4.78 is 29.5. The highest BCUT2D eigenvalue weighted by atomic mass is 127. The molecule has 0 aliphatic rings. The van der Waals surface area contributed by atoms with Crippen LogP contribution >= 0.6 is 22.9 Å². The van der Waals surface area contributed by atoms with Crippen LogP contribution in [0.1, 0.15) is 13.3 Å². The minimum Gasteiger partial charge on any atom is -0.375 e. The Morgan fingerprint density at radius 1 is 1.53 bits per heavy atom. The zero-order valence-corrected chi connectivity index (χ0v) is 13.4. The molecule has 0 radical (unpaired) electrons. The third kappa shape index (κ3) is 7.17. The molecule has 0 N–H and O–H groups in total. The highest BCUT2D eigenvalue weighted by Gasteiger charge is 2.21. The molecule has 0 amide bonds. The molecule has 0 aliphatic carbocycles. The second-order valence-electron chi connectivity index (χ2n) is 3.71. The van der Waals surface area contributed by atoms with Crippen molar-refractivity contribution in [3.63, 3.8) is 0 Å². The molecule has 0 unspecified atom stereocenters. The largest absolute Gasteiger partial charge is 0.375 e. The number of hydrogen-bond acceptors (Lipinski definition) is 4. The smallest absolute Gasteiger partial charge is 0.168 e. The number of hydrogen-bond donors (Lipinski definition) is 0. The van der Waals surface area contributed by atoms with Crippen molar-refractivity contribution >= 4 is 32.7 Å². The summed E-state index contributed by atoms with van der Waals surface area (Å²) in [5.41, 5.74) is 0. The second-order valence-corrected chi connectivity index (χ2v) is 6.88. The van der Waals surface area contributed by atoms with Crippen LogP contribution in [-0.4, -0.2) is 43.6 Å². The van der Waals surface area contributed by atoms with Gasteiger partial charge in [0.15, 0.2) is 9.84 Å². The predicted octanol–water partition coefficient (Wildman–Crippen LogP) is 2.18. The first-order valence-electron chi connectivity index (χ1n) is 5.31. The van der Waals surface area contributed by atoms with E-state index >= 15 is 0 Å². The van der Waals surface area contributed by atoms with Crippen molar-refractivity contribution in [2.75, 3.05) is 19.9 Å². The van der Waals surface area contributed by atoms with Crippen LogP contribution in [0.15, 0.2) is 24.1 Å². The Kier molecular flexibility index (Phi) is 8.27. The van der Waals surface area contributed by atoms with E-state index in [2.05, 4.69) is 39.5 Å². The molecular weight excluding hydrogens is 353 g/mol. The summed E-state index contributed by atoms with van der Waals surface area (Å²) in [6.45, 7) is 6.74. The highest BCUT2D eigenvalue weighted by Crippen LogP contribution is 2.16. The number of nitrogens with zero attached hydrogens (tertiary/aromatic N) is 1. The van der Waals surface area contributed by atoms with Crippen LogP contribution in [-0.2, 0) is 14.6 Å². The molecular formula is C11H20INO3S. The summed E-state index contributed by atoms with van der Waals surface area (Å²) >= 11 is 2.20. The van der Waals surface area contributed by atoms with Crippen LogP contribution < -0.4 is 0 Å². The molecule has 17 heavy (non-hydrogen) atoms. The lowest BCUT2D eigenvalue weighted by Gasteiger charge is -2.27. The van der Waals surface area contributed by atoms with Crippen molar-refractivity contribution in [1.82, 2.24) is 3.11 Å². The maximum atomic E-state index is 11.1. The molecule has 0 aromatic rings. The van der Waals surface area contributed by atoms with E-state index in [1.165, 1.54) is 5.41 Å². The maximum Gasteiger partial charge on any atom is 0.168 e. The molecule has 0 aromatic heterocycles. The van der Waals surface area contributed by atoms with Crippen LogP contribution in [0.3, 0.4) is 0 Å². The molecule has 6 heteroatoms. The first-order chi connectivity index (χ1) is 7.85. The molecule has 0 fully saturated rings. The van der Waals surface area contributed by atoms with Crippen molar-refractivity contribution in [3.8, 4) is 0 Å². The summed E-state index contributed by atoms with van der Waals surface area (Å²) in [6.07, 6.45) is 5.18. The van der Waals surface area contributed by atoms with Gasteiger partial charge in [0, 0.05) is 48.2 Å². The topological polar surface area (TPSA) is 46.6 Å². The predicted molar refractivity (Wildman–Crippen MR) is 79.8 cm³/mol. The first kappa shape index (κ1) is 17.1. The van der Waals surface area contributed by atoms with Gasteiger partial charge in [-0.3, -0.25) is 0 Å². The third-order valence-corrected chi connectivity index (χ3v) is 3.90. The minimum atomic E-state index is -3.12. The molecule has 2 atom stereocenters. The number of sulfone groups is 1. The Labute approximate surface area is 118 Å². The van der Waals surface area contributed by atoms with E-state index in [4.69, 9.17) is 4.74 Å². The number of rotatable bonds is 8. The fourth-order valence-electron chi connectivity index (χ4n) is 1.32. The summed E-state index contributed by atoms with van der Waals surface area (Å²) in [7, 11) is -1.57. The molecule has 0 aromatic carbocycles. The van der Waals surface area contributed by atoms with E-state index in [1.807, 2.05) is 0 Å². The Hall–Kier alpha value is 0.0800. The maximum absolute atomic E-state index is 11.1. The average Bonchev–Trinajstić information content (AvgIpc) is 2.22. The number of ether oxygens (including phenoxy) is 1. The van der Waals surface area contributed by atoms with Gasteiger partial charge >= 0.3 is 0 Å². The van der Waals surface area contributed by atoms with Crippen LogP contribution in [0.25, 0.3) is 0 Å². The Balaban J connectivity index is 4.82.